The number of aryl methyl sites for hydroxylation is 1. The van der Waals surface area contributed by atoms with Crippen molar-refractivity contribution >= 4 is 16.8 Å². The lowest BCUT2D eigenvalue weighted by Gasteiger charge is -2.19. The van der Waals surface area contributed by atoms with Crippen LogP contribution in [0.25, 0.3) is 10.9 Å². The molecule has 1 aromatic heterocycles. The van der Waals surface area contributed by atoms with Crippen molar-refractivity contribution < 1.29 is 18.7 Å². The van der Waals surface area contributed by atoms with E-state index < -0.39 is 5.82 Å². The van der Waals surface area contributed by atoms with Crippen LogP contribution in [0.2, 0.25) is 0 Å². The molecule has 1 heterocycles. The molecule has 0 aliphatic heterocycles. The van der Waals surface area contributed by atoms with E-state index in [4.69, 9.17) is 9.47 Å². The SMILES string of the molecule is COc1ccc(C(CNC(=O)CCc2ccc(OC)c(F)c2)c2c[nH]c3ccccc23)cc1. The van der Waals surface area contributed by atoms with Crippen molar-refractivity contribution in [2.24, 2.45) is 0 Å². The minimum absolute atomic E-state index is 0.0329. The largest absolute Gasteiger partial charge is 0.497 e. The number of fused-ring (bicyclic) bond motifs is 1. The molecular formula is C27H27FN2O3. The van der Waals surface area contributed by atoms with Crippen LogP contribution in [-0.4, -0.2) is 31.7 Å². The molecule has 1 atom stereocenters. The number of carbonyl (C=O) groups is 1. The quantitative estimate of drug-likeness (QED) is 0.371. The Morgan fingerprint density at radius 2 is 1.82 bits per heavy atom. The molecule has 0 fully saturated rings. The van der Waals surface area contributed by atoms with Crippen LogP contribution in [0.5, 0.6) is 11.5 Å². The first-order valence-electron chi connectivity index (χ1n) is 10.9. The average molecular weight is 447 g/mol. The van der Waals surface area contributed by atoms with Gasteiger partial charge in [0, 0.05) is 36.0 Å². The molecule has 0 bridgehead atoms. The number of aromatic nitrogens is 1. The number of aromatic amines is 1. The zero-order chi connectivity index (χ0) is 23.2. The van der Waals surface area contributed by atoms with Crippen molar-refractivity contribution in [2.45, 2.75) is 18.8 Å². The standard InChI is InChI=1S/C27H27FN2O3/c1-32-20-11-9-19(10-12-20)22(23-17-29-25-6-4-3-5-21(23)25)16-30-27(31)14-8-18-7-13-26(33-2)24(28)15-18/h3-7,9-13,15,17,22,29H,8,14,16H2,1-2H3,(H,30,31). The molecular weight excluding hydrogens is 419 g/mol. The van der Waals surface area contributed by atoms with E-state index in [1.54, 1.807) is 19.2 Å². The first kappa shape index (κ1) is 22.4. The van der Waals surface area contributed by atoms with Gasteiger partial charge in [0.25, 0.3) is 0 Å². The van der Waals surface area contributed by atoms with Crippen molar-refractivity contribution in [2.75, 3.05) is 20.8 Å². The van der Waals surface area contributed by atoms with Gasteiger partial charge in [-0.15, -0.1) is 0 Å². The number of nitrogens with one attached hydrogen (secondary N) is 2. The number of rotatable bonds is 9. The van der Waals surface area contributed by atoms with Gasteiger partial charge in [0.1, 0.15) is 5.75 Å². The van der Waals surface area contributed by atoms with E-state index in [2.05, 4.69) is 16.4 Å². The van der Waals surface area contributed by atoms with E-state index in [1.807, 2.05) is 48.7 Å². The molecule has 0 saturated heterocycles. The predicted molar refractivity (Wildman–Crippen MR) is 127 cm³/mol. The van der Waals surface area contributed by atoms with Gasteiger partial charge in [-0.05, 0) is 53.4 Å². The number of hydrogen-bond acceptors (Lipinski definition) is 3. The third-order valence-corrected chi connectivity index (χ3v) is 5.88. The molecule has 4 rings (SSSR count). The summed E-state index contributed by atoms with van der Waals surface area (Å²) >= 11 is 0. The van der Waals surface area contributed by atoms with E-state index in [1.165, 1.54) is 13.2 Å². The monoisotopic (exact) mass is 446 g/mol. The summed E-state index contributed by atoms with van der Waals surface area (Å²) in [6.45, 7) is 0.448. The number of hydrogen-bond donors (Lipinski definition) is 2. The lowest BCUT2D eigenvalue weighted by atomic mass is 9.90. The van der Waals surface area contributed by atoms with E-state index in [9.17, 15) is 9.18 Å². The Morgan fingerprint density at radius 3 is 2.55 bits per heavy atom. The molecule has 1 unspecified atom stereocenters. The lowest BCUT2D eigenvalue weighted by molar-refractivity contribution is -0.121. The molecule has 0 saturated carbocycles. The van der Waals surface area contributed by atoms with Crippen LogP contribution in [0.4, 0.5) is 4.39 Å². The second-order valence-corrected chi connectivity index (χ2v) is 7.89. The molecule has 5 nitrogen and oxygen atoms in total. The molecule has 4 aromatic rings. The number of carbonyl (C=O) groups excluding carboxylic acids is 1. The number of H-pyrrole nitrogens is 1. The second-order valence-electron chi connectivity index (χ2n) is 7.89. The van der Waals surface area contributed by atoms with E-state index in [0.29, 0.717) is 13.0 Å². The topological polar surface area (TPSA) is 63.4 Å². The smallest absolute Gasteiger partial charge is 0.220 e. The second kappa shape index (κ2) is 10.2. The van der Waals surface area contributed by atoms with Crippen LogP contribution in [0.15, 0.2) is 72.9 Å². The van der Waals surface area contributed by atoms with E-state index >= 15 is 0 Å². The Kier molecular flexibility index (Phi) is 6.93. The van der Waals surface area contributed by atoms with Crippen molar-refractivity contribution in [1.29, 1.82) is 0 Å². The molecule has 1 amide bonds. The van der Waals surface area contributed by atoms with Gasteiger partial charge in [0.05, 0.1) is 14.2 Å². The minimum atomic E-state index is -0.422. The number of halogens is 1. The Labute approximate surface area is 192 Å². The third-order valence-electron chi connectivity index (χ3n) is 5.88. The fraction of sp³-hybridized carbons (Fsp3) is 0.222. The normalized spacial score (nSPS) is 11.8. The van der Waals surface area contributed by atoms with Gasteiger partial charge in [-0.1, -0.05) is 36.4 Å². The van der Waals surface area contributed by atoms with Crippen molar-refractivity contribution in [3.63, 3.8) is 0 Å². The summed E-state index contributed by atoms with van der Waals surface area (Å²) in [5, 5.41) is 4.19. The molecule has 0 spiro atoms. The van der Waals surface area contributed by atoms with Gasteiger partial charge < -0.3 is 19.8 Å². The zero-order valence-electron chi connectivity index (χ0n) is 18.7. The predicted octanol–water partition coefficient (Wildman–Crippen LogP) is 5.21. The van der Waals surface area contributed by atoms with Crippen LogP contribution in [0, 0.1) is 5.82 Å². The summed E-state index contributed by atoms with van der Waals surface area (Å²) in [5.74, 6) is 0.449. The minimum Gasteiger partial charge on any atom is -0.497 e. The van der Waals surface area contributed by atoms with E-state index in [-0.39, 0.29) is 24.0 Å². The van der Waals surface area contributed by atoms with Gasteiger partial charge in [-0.25, -0.2) is 4.39 Å². The highest BCUT2D eigenvalue weighted by molar-refractivity contribution is 5.84. The van der Waals surface area contributed by atoms with E-state index in [0.717, 1.165) is 33.3 Å². The maximum Gasteiger partial charge on any atom is 0.220 e. The zero-order valence-corrected chi connectivity index (χ0v) is 18.7. The van der Waals surface area contributed by atoms with Gasteiger partial charge in [-0.3, -0.25) is 4.79 Å². The Hall–Kier alpha value is -3.80. The molecule has 170 valence electrons. The Balaban J connectivity index is 1.48. The lowest BCUT2D eigenvalue weighted by Crippen LogP contribution is -2.29. The maximum absolute atomic E-state index is 13.9. The number of methoxy groups -OCH3 is 2. The summed E-state index contributed by atoms with van der Waals surface area (Å²) in [6.07, 6.45) is 2.73. The molecule has 6 heteroatoms. The first-order chi connectivity index (χ1) is 16.1. The highest BCUT2D eigenvalue weighted by atomic mass is 19.1. The number of amides is 1. The van der Waals surface area contributed by atoms with Crippen LogP contribution < -0.4 is 14.8 Å². The highest BCUT2D eigenvalue weighted by Crippen LogP contribution is 2.31. The van der Waals surface area contributed by atoms with Crippen LogP contribution in [0.1, 0.15) is 29.0 Å². The molecule has 0 aliphatic rings. The summed E-state index contributed by atoms with van der Waals surface area (Å²) in [6, 6.07) is 20.8. The van der Waals surface area contributed by atoms with Gasteiger partial charge >= 0.3 is 0 Å². The first-order valence-corrected chi connectivity index (χ1v) is 10.9. The number of ether oxygens (including phenoxy) is 2. The van der Waals surface area contributed by atoms with Crippen LogP contribution in [0.3, 0.4) is 0 Å². The molecule has 2 N–H and O–H groups in total. The van der Waals surface area contributed by atoms with Crippen molar-refractivity contribution in [3.8, 4) is 11.5 Å². The molecule has 3 aromatic carbocycles. The molecule has 33 heavy (non-hydrogen) atoms. The Bertz CT molecular complexity index is 1230. The number of benzene rings is 3. The third kappa shape index (κ3) is 5.17. The van der Waals surface area contributed by atoms with Crippen molar-refractivity contribution in [1.82, 2.24) is 10.3 Å². The highest BCUT2D eigenvalue weighted by Gasteiger charge is 2.19. The van der Waals surface area contributed by atoms with Gasteiger partial charge in [0.15, 0.2) is 11.6 Å². The Morgan fingerprint density at radius 1 is 1.03 bits per heavy atom. The number of para-hydroxylation sites is 1. The van der Waals surface area contributed by atoms with Gasteiger partial charge in [0.2, 0.25) is 5.91 Å². The fourth-order valence-corrected chi connectivity index (χ4v) is 4.05. The summed E-state index contributed by atoms with van der Waals surface area (Å²) in [7, 11) is 3.07. The fourth-order valence-electron chi connectivity index (χ4n) is 4.05. The summed E-state index contributed by atoms with van der Waals surface area (Å²) < 4.78 is 24.2. The summed E-state index contributed by atoms with van der Waals surface area (Å²) in [5.41, 5.74) is 4.01. The molecule has 0 aliphatic carbocycles. The van der Waals surface area contributed by atoms with Crippen LogP contribution >= 0.6 is 0 Å². The summed E-state index contributed by atoms with van der Waals surface area (Å²) in [4.78, 5) is 16.0. The average Bonchev–Trinajstić information content (AvgIpc) is 3.27. The maximum atomic E-state index is 13.9. The van der Waals surface area contributed by atoms with Crippen molar-refractivity contribution in [3.05, 3.63) is 95.4 Å². The van der Waals surface area contributed by atoms with Gasteiger partial charge in [-0.2, -0.15) is 0 Å². The molecule has 0 radical (unpaired) electrons. The van der Waals surface area contributed by atoms with Crippen LogP contribution in [-0.2, 0) is 11.2 Å².